The van der Waals surface area contributed by atoms with Crippen LogP contribution in [0.25, 0.3) is 11.6 Å². The predicted molar refractivity (Wildman–Crippen MR) is 82.8 cm³/mol. The monoisotopic (exact) mass is 335 g/mol. The smallest absolute Gasteiger partial charge is 0.315 e. The standard InChI is InChI=1S/C14H21N7O3/c1-8(2)10(18-14(22)15-6-9-4-3-5-23-9)13-19-12(21-24-13)11-16-7-17-20-11/h7-10H,3-6H2,1-2H3,(H2,15,18,22)(H,16,17,20)/t9-,10+/m0/s1. The third-order valence-corrected chi connectivity index (χ3v) is 3.80. The molecule has 1 aliphatic rings. The summed E-state index contributed by atoms with van der Waals surface area (Å²) in [5.41, 5.74) is 0. The Labute approximate surface area is 138 Å². The lowest BCUT2D eigenvalue weighted by Gasteiger charge is -2.19. The zero-order chi connectivity index (χ0) is 16.9. The Bertz CT molecular complexity index is 649. The van der Waals surface area contributed by atoms with E-state index in [-0.39, 0.29) is 18.1 Å². The molecule has 3 rings (SSSR count). The van der Waals surface area contributed by atoms with Gasteiger partial charge in [-0.05, 0) is 18.8 Å². The molecule has 2 amide bonds. The Kier molecular flexibility index (Phi) is 5.04. The first-order chi connectivity index (χ1) is 11.6. The molecule has 10 nitrogen and oxygen atoms in total. The highest BCUT2D eigenvalue weighted by atomic mass is 16.5. The van der Waals surface area contributed by atoms with E-state index in [0.29, 0.717) is 24.1 Å². The Morgan fingerprint density at radius 3 is 3.04 bits per heavy atom. The minimum absolute atomic E-state index is 0.0708. The van der Waals surface area contributed by atoms with Gasteiger partial charge >= 0.3 is 6.03 Å². The van der Waals surface area contributed by atoms with Crippen molar-refractivity contribution in [2.75, 3.05) is 13.2 Å². The second-order valence-electron chi connectivity index (χ2n) is 6.00. The lowest BCUT2D eigenvalue weighted by atomic mass is 10.0. The van der Waals surface area contributed by atoms with Crippen molar-refractivity contribution in [3.05, 3.63) is 12.2 Å². The molecule has 24 heavy (non-hydrogen) atoms. The Balaban J connectivity index is 1.60. The quantitative estimate of drug-likeness (QED) is 0.718. The molecule has 0 spiro atoms. The summed E-state index contributed by atoms with van der Waals surface area (Å²) in [6.45, 7) is 5.17. The fraction of sp³-hybridized carbons (Fsp3) is 0.643. The molecular weight excluding hydrogens is 314 g/mol. The summed E-state index contributed by atoms with van der Waals surface area (Å²) >= 11 is 0. The Hall–Kier alpha value is -2.49. The van der Waals surface area contributed by atoms with Crippen LogP contribution in [0.15, 0.2) is 10.9 Å². The Morgan fingerprint density at radius 1 is 1.50 bits per heavy atom. The maximum atomic E-state index is 12.1. The van der Waals surface area contributed by atoms with Crippen LogP contribution in [0.5, 0.6) is 0 Å². The summed E-state index contributed by atoms with van der Waals surface area (Å²) in [6.07, 6.45) is 3.46. The molecule has 2 atom stereocenters. The van der Waals surface area contributed by atoms with E-state index < -0.39 is 6.04 Å². The highest BCUT2D eigenvalue weighted by Crippen LogP contribution is 2.22. The van der Waals surface area contributed by atoms with Gasteiger partial charge in [0.15, 0.2) is 5.82 Å². The van der Waals surface area contributed by atoms with Gasteiger partial charge in [-0.1, -0.05) is 19.0 Å². The van der Waals surface area contributed by atoms with Crippen LogP contribution in [0.4, 0.5) is 4.79 Å². The van der Waals surface area contributed by atoms with Gasteiger partial charge in [0.25, 0.3) is 0 Å². The summed E-state index contributed by atoms with van der Waals surface area (Å²) in [5, 5.41) is 16.0. The van der Waals surface area contributed by atoms with Crippen molar-refractivity contribution < 1.29 is 14.1 Å². The zero-order valence-electron chi connectivity index (χ0n) is 13.7. The van der Waals surface area contributed by atoms with Crippen LogP contribution in [-0.2, 0) is 4.74 Å². The van der Waals surface area contributed by atoms with E-state index in [1.54, 1.807) is 0 Å². The van der Waals surface area contributed by atoms with Crippen LogP contribution in [0.1, 0.15) is 38.6 Å². The molecule has 3 N–H and O–H groups in total. The van der Waals surface area contributed by atoms with Crippen molar-refractivity contribution in [1.82, 2.24) is 36.0 Å². The van der Waals surface area contributed by atoms with Crippen LogP contribution >= 0.6 is 0 Å². The summed E-state index contributed by atoms with van der Waals surface area (Å²) in [5.74, 6) is 1.11. The van der Waals surface area contributed by atoms with E-state index in [0.717, 1.165) is 19.4 Å². The molecule has 0 unspecified atom stereocenters. The number of carbonyl (C=O) groups is 1. The van der Waals surface area contributed by atoms with Gasteiger partial charge in [-0.2, -0.15) is 10.1 Å². The number of rotatable bonds is 6. The van der Waals surface area contributed by atoms with Crippen molar-refractivity contribution in [3.8, 4) is 11.6 Å². The third kappa shape index (κ3) is 3.88. The maximum Gasteiger partial charge on any atom is 0.315 e. The maximum absolute atomic E-state index is 12.1. The zero-order valence-corrected chi connectivity index (χ0v) is 13.7. The number of aromatic amines is 1. The van der Waals surface area contributed by atoms with Crippen LogP contribution in [0.3, 0.4) is 0 Å². The lowest BCUT2D eigenvalue weighted by Crippen LogP contribution is -2.42. The number of hydrogen-bond acceptors (Lipinski definition) is 7. The fourth-order valence-corrected chi connectivity index (χ4v) is 2.49. The summed E-state index contributed by atoms with van der Waals surface area (Å²) in [6, 6.07) is -0.692. The minimum atomic E-state index is -0.404. The number of nitrogens with zero attached hydrogens (tertiary/aromatic N) is 4. The first-order valence-electron chi connectivity index (χ1n) is 7.99. The van der Waals surface area contributed by atoms with Crippen LogP contribution in [0.2, 0.25) is 0 Å². The molecule has 1 fully saturated rings. The number of carbonyl (C=O) groups excluding carboxylic acids is 1. The van der Waals surface area contributed by atoms with Crippen LogP contribution in [-0.4, -0.2) is 50.6 Å². The van der Waals surface area contributed by atoms with Gasteiger partial charge in [0.2, 0.25) is 11.7 Å². The van der Waals surface area contributed by atoms with Gasteiger partial charge < -0.3 is 19.9 Å². The second-order valence-corrected chi connectivity index (χ2v) is 6.00. The molecule has 0 aliphatic carbocycles. The number of urea groups is 1. The average Bonchev–Trinajstić information content (AvgIpc) is 3.32. The largest absolute Gasteiger partial charge is 0.376 e. The molecule has 3 heterocycles. The average molecular weight is 335 g/mol. The first kappa shape index (κ1) is 16.4. The van der Waals surface area contributed by atoms with Gasteiger partial charge in [-0.15, -0.1) is 0 Å². The number of aromatic nitrogens is 5. The van der Waals surface area contributed by atoms with E-state index >= 15 is 0 Å². The van der Waals surface area contributed by atoms with Gasteiger partial charge in [0, 0.05) is 13.2 Å². The number of H-pyrrole nitrogens is 1. The van der Waals surface area contributed by atoms with E-state index in [9.17, 15) is 4.79 Å². The number of nitrogens with one attached hydrogen (secondary N) is 3. The first-order valence-corrected chi connectivity index (χ1v) is 7.99. The topological polar surface area (TPSA) is 131 Å². The molecule has 0 saturated carbocycles. The molecule has 2 aromatic rings. The van der Waals surface area contributed by atoms with E-state index in [1.165, 1.54) is 6.33 Å². The SMILES string of the molecule is CC(C)[C@@H](NC(=O)NC[C@@H]1CCCO1)c1nc(-c2ncn[nH]2)no1. The number of amides is 2. The molecule has 130 valence electrons. The molecule has 0 aromatic carbocycles. The third-order valence-electron chi connectivity index (χ3n) is 3.80. The molecule has 0 bridgehead atoms. The minimum Gasteiger partial charge on any atom is -0.376 e. The highest BCUT2D eigenvalue weighted by molar-refractivity contribution is 5.74. The second kappa shape index (κ2) is 7.39. The number of hydrogen-bond donors (Lipinski definition) is 3. The van der Waals surface area contributed by atoms with Crippen LogP contribution < -0.4 is 10.6 Å². The number of ether oxygens (including phenoxy) is 1. The van der Waals surface area contributed by atoms with E-state index in [4.69, 9.17) is 9.26 Å². The molecule has 2 aromatic heterocycles. The van der Waals surface area contributed by atoms with Crippen molar-refractivity contribution >= 4 is 6.03 Å². The van der Waals surface area contributed by atoms with Crippen molar-refractivity contribution in [2.24, 2.45) is 5.92 Å². The van der Waals surface area contributed by atoms with Gasteiger partial charge in [-0.25, -0.2) is 9.78 Å². The van der Waals surface area contributed by atoms with E-state index in [1.807, 2.05) is 13.8 Å². The fourth-order valence-electron chi connectivity index (χ4n) is 2.49. The Morgan fingerprint density at radius 2 is 2.38 bits per heavy atom. The normalized spacial score (nSPS) is 18.7. The molecule has 10 heteroatoms. The molecular formula is C14H21N7O3. The summed E-state index contributed by atoms with van der Waals surface area (Å²) in [4.78, 5) is 20.4. The summed E-state index contributed by atoms with van der Waals surface area (Å²) < 4.78 is 10.8. The van der Waals surface area contributed by atoms with Gasteiger partial charge in [0.05, 0.1) is 6.10 Å². The van der Waals surface area contributed by atoms with Gasteiger partial charge in [0.1, 0.15) is 12.4 Å². The van der Waals surface area contributed by atoms with Crippen molar-refractivity contribution in [2.45, 2.75) is 38.8 Å². The summed E-state index contributed by atoms with van der Waals surface area (Å²) in [7, 11) is 0. The van der Waals surface area contributed by atoms with Crippen molar-refractivity contribution in [3.63, 3.8) is 0 Å². The van der Waals surface area contributed by atoms with Gasteiger partial charge in [-0.3, -0.25) is 5.10 Å². The van der Waals surface area contributed by atoms with Crippen LogP contribution in [0, 0.1) is 5.92 Å². The predicted octanol–water partition coefficient (Wildman–Crippen LogP) is 1.03. The highest BCUT2D eigenvalue weighted by Gasteiger charge is 2.26. The van der Waals surface area contributed by atoms with Crippen molar-refractivity contribution in [1.29, 1.82) is 0 Å². The van der Waals surface area contributed by atoms with E-state index in [2.05, 4.69) is 36.0 Å². The molecule has 1 saturated heterocycles. The molecule has 1 aliphatic heterocycles. The lowest BCUT2D eigenvalue weighted by molar-refractivity contribution is 0.111. The molecule has 0 radical (unpaired) electrons.